The fourth-order valence-corrected chi connectivity index (χ4v) is 4.63. The summed E-state index contributed by atoms with van der Waals surface area (Å²) in [6.45, 7) is 0.882. The van der Waals surface area contributed by atoms with Gasteiger partial charge in [0.2, 0.25) is 5.75 Å². The molecule has 0 bridgehead atoms. The van der Waals surface area contributed by atoms with E-state index in [1.54, 1.807) is 0 Å². The van der Waals surface area contributed by atoms with Crippen LogP contribution < -0.4 is 10.1 Å². The van der Waals surface area contributed by atoms with Crippen LogP contribution in [0.15, 0.2) is 35.2 Å². The number of carbonyl (C=O) groups is 1. The van der Waals surface area contributed by atoms with Crippen molar-refractivity contribution in [2.45, 2.75) is 42.7 Å². The first-order valence-corrected chi connectivity index (χ1v) is 13.1. The average Bonchev–Trinajstić information content (AvgIpc) is 2.80. The predicted octanol–water partition coefficient (Wildman–Crippen LogP) is 4.87. The first-order chi connectivity index (χ1) is 18.2. The van der Waals surface area contributed by atoms with E-state index in [0.717, 1.165) is 25.3 Å². The topological polar surface area (TPSA) is 135 Å². The number of alkyl halides is 3. The maximum absolute atomic E-state index is 14.9. The number of carbonyl (C=O) groups excluding carboxylic acids is 1. The van der Waals surface area contributed by atoms with Gasteiger partial charge in [-0.05, 0) is 49.9 Å². The lowest BCUT2D eigenvalue weighted by atomic mass is 9.67. The molecular formula is C24H18F5N5O4S. The van der Waals surface area contributed by atoms with Crippen molar-refractivity contribution in [3.8, 4) is 17.7 Å². The van der Waals surface area contributed by atoms with Crippen molar-refractivity contribution in [2.24, 2.45) is 0 Å². The molecule has 3 aromatic rings. The zero-order chi connectivity index (χ0) is 28.8. The quantitative estimate of drug-likeness (QED) is 0.329. The third-order valence-corrected chi connectivity index (χ3v) is 7.31. The molecular weight excluding hydrogens is 549 g/mol. The molecule has 1 saturated carbocycles. The lowest BCUT2D eigenvalue weighted by Gasteiger charge is -2.34. The van der Waals surface area contributed by atoms with E-state index >= 15 is 0 Å². The zero-order valence-electron chi connectivity index (χ0n) is 20.2. The number of nitrogens with zero attached hydrogens (tertiary/aromatic N) is 4. The minimum atomic E-state index is -5.05. The summed E-state index contributed by atoms with van der Waals surface area (Å²) in [4.78, 5) is 16.5. The Morgan fingerprint density at radius 1 is 1.18 bits per heavy atom. The van der Waals surface area contributed by atoms with E-state index in [4.69, 9.17) is 4.74 Å². The molecule has 1 amide bonds. The number of halogens is 5. The highest BCUT2D eigenvalue weighted by atomic mass is 32.2. The number of benzene rings is 1. The highest BCUT2D eigenvalue weighted by Gasteiger charge is 2.42. The maximum atomic E-state index is 14.9. The summed E-state index contributed by atoms with van der Waals surface area (Å²) in [7, 11) is -3.69. The van der Waals surface area contributed by atoms with Gasteiger partial charge in [0, 0.05) is 18.0 Å². The fourth-order valence-electron chi connectivity index (χ4n) is 3.97. The summed E-state index contributed by atoms with van der Waals surface area (Å²) in [5.74, 6) is -6.24. The minimum Gasteiger partial charge on any atom is -0.429 e. The van der Waals surface area contributed by atoms with Gasteiger partial charge in [0.1, 0.15) is 5.56 Å². The second kappa shape index (κ2) is 9.84. The molecule has 0 radical (unpaired) electrons. The Hall–Kier alpha value is -4.19. The normalized spacial score (nSPS) is 14.7. The SMILES string of the molecule is Cc1c(C(F)(F)F)nnc(Oc2c(F)cc(C3(C#N)CCC3)nc2F)c1C(=O)Nc1cccc(S(C)(=O)=O)c1. The Kier molecular flexibility index (Phi) is 7.02. The van der Waals surface area contributed by atoms with Gasteiger partial charge < -0.3 is 10.1 Å². The summed E-state index contributed by atoms with van der Waals surface area (Å²) < 4.78 is 99.1. The smallest absolute Gasteiger partial charge is 0.429 e. The molecule has 4 rings (SSSR count). The summed E-state index contributed by atoms with van der Waals surface area (Å²) >= 11 is 0. The average molecular weight is 567 g/mol. The summed E-state index contributed by atoms with van der Waals surface area (Å²) in [6.07, 6.45) is -2.80. The van der Waals surface area contributed by atoms with Crippen molar-refractivity contribution in [3.05, 3.63) is 64.6 Å². The van der Waals surface area contributed by atoms with Gasteiger partial charge in [0.05, 0.1) is 22.1 Å². The molecule has 2 aromatic heterocycles. The molecule has 1 fully saturated rings. The maximum Gasteiger partial charge on any atom is 0.435 e. The predicted molar refractivity (Wildman–Crippen MR) is 125 cm³/mol. The monoisotopic (exact) mass is 567 g/mol. The van der Waals surface area contributed by atoms with Crippen LogP contribution in [0.5, 0.6) is 11.6 Å². The molecule has 0 atom stereocenters. The Bertz CT molecular complexity index is 1610. The minimum absolute atomic E-state index is 0.107. The molecule has 0 saturated heterocycles. The number of amides is 1. The molecule has 0 spiro atoms. The molecule has 9 nitrogen and oxygen atoms in total. The molecule has 0 unspecified atom stereocenters. The Morgan fingerprint density at radius 2 is 1.87 bits per heavy atom. The Labute approximate surface area is 218 Å². The van der Waals surface area contributed by atoms with E-state index in [-0.39, 0.29) is 16.3 Å². The number of hydrogen-bond donors (Lipinski definition) is 1. The van der Waals surface area contributed by atoms with Gasteiger partial charge in [-0.2, -0.15) is 22.8 Å². The van der Waals surface area contributed by atoms with Gasteiger partial charge in [0.15, 0.2) is 21.3 Å². The lowest BCUT2D eigenvalue weighted by Crippen LogP contribution is -2.33. The van der Waals surface area contributed by atoms with Crippen molar-refractivity contribution < 1.29 is 39.9 Å². The van der Waals surface area contributed by atoms with Gasteiger partial charge in [0.25, 0.3) is 17.7 Å². The first kappa shape index (κ1) is 27.8. The molecule has 1 aliphatic carbocycles. The summed E-state index contributed by atoms with van der Waals surface area (Å²) in [5, 5.41) is 17.9. The number of anilines is 1. The molecule has 0 aliphatic heterocycles. The van der Waals surface area contributed by atoms with Gasteiger partial charge in [-0.3, -0.25) is 4.79 Å². The zero-order valence-corrected chi connectivity index (χ0v) is 21.0. The van der Waals surface area contributed by atoms with Crippen LogP contribution in [0.4, 0.5) is 27.6 Å². The van der Waals surface area contributed by atoms with Crippen LogP contribution in [-0.2, 0) is 21.4 Å². The van der Waals surface area contributed by atoms with E-state index in [1.807, 2.05) is 6.07 Å². The number of sulfone groups is 1. The number of hydrogen-bond acceptors (Lipinski definition) is 8. The Morgan fingerprint density at radius 3 is 2.41 bits per heavy atom. The first-order valence-electron chi connectivity index (χ1n) is 11.2. The summed E-state index contributed by atoms with van der Waals surface area (Å²) in [6, 6.07) is 7.63. The highest BCUT2D eigenvalue weighted by Crippen LogP contribution is 2.44. The number of nitriles is 1. The summed E-state index contributed by atoms with van der Waals surface area (Å²) in [5.41, 5.74) is -4.64. The molecule has 2 heterocycles. The standard InChI is InChI=1S/C24H18F5N5O4S/c1-12-17(21(35)31-13-5-3-6-14(9-13)39(2,36)37)22(34-33-19(12)24(27,28)29)38-18-15(25)10-16(32-20(18)26)23(11-30)7-4-8-23/h3,5-6,9-10H,4,7-8H2,1-2H3,(H,31,35). The molecule has 15 heteroatoms. The van der Waals surface area contributed by atoms with Crippen LogP contribution in [0.1, 0.15) is 46.6 Å². The number of rotatable bonds is 6. The molecule has 1 N–H and O–H groups in total. The van der Waals surface area contributed by atoms with Crippen molar-refractivity contribution in [3.63, 3.8) is 0 Å². The second-order valence-corrected chi connectivity index (χ2v) is 10.9. The van der Waals surface area contributed by atoms with Crippen molar-refractivity contribution in [2.75, 3.05) is 11.6 Å². The molecule has 1 aliphatic rings. The second-order valence-electron chi connectivity index (χ2n) is 8.86. The van der Waals surface area contributed by atoms with Gasteiger partial charge >= 0.3 is 6.18 Å². The van der Waals surface area contributed by atoms with Crippen molar-refractivity contribution >= 4 is 21.4 Å². The molecule has 39 heavy (non-hydrogen) atoms. The Balaban J connectivity index is 1.77. The van der Waals surface area contributed by atoms with Crippen LogP contribution in [0.2, 0.25) is 0 Å². The van der Waals surface area contributed by atoms with Crippen LogP contribution >= 0.6 is 0 Å². The van der Waals surface area contributed by atoms with Crippen LogP contribution in [0, 0.1) is 30.0 Å². The highest BCUT2D eigenvalue weighted by molar-refractivity contribution is 7.90. The molecule has 1 aromatic carbocycles. The third kappa shape index (κ3) is 5.37. The van der Waals surface area contributed by atoms with E-state index in [1.165, 1.54) is 18.2 Å². The number of pyridine rings is 1. The van der Waals surface area contributed by atoms with E-state index < -0.39 is 67.6 Å². The van der Waals surface area contributed by atoms with Crippen molar-refractivity contribution in [1.82, 2.24) is 15.2 Å². The lowest BCUT2D eigenvalue weighted by molar-refractivity contribution is -0.142. The fraction of sp³-hybridized carbons (Fsp3) is 0.292. The van der Waals surface area contributed by atoms with Crippen LogP contribution in [-0.4, -0.2) is 35.8 Å². The van der Waals surface area contributed by atoms with Gasteiger partial charge in [-0.25, -0.2) is 17.8 Å². The van der Waals surface area contributed by atoms with Gasteiger partial charge in [-0.15, -0.1) is 10.2 Å². The molecule has 204 valence electrons. The van der Waals surface area contributed by atoms with Crippen LogP contribution in [0.25, 0.3) is 0 Å². The van der Waals surface area contributed by atoms with Crippen molar-refractivity contribution in [1.29, 1.82) is 5.26 Å². The van der Waals surface area contributed by atoms with Crippen LogP contribution in [0.3, 0.4) is 0 Å². The number of ether oxygens (including phenoxy) is 1. The van der Waals surface area contributed by atoms with Gasteiger partial charge in [-0.1, -0.05) is 6.07 Å². The third-order valence-electron chi connectivity index (χ3n) is 6.20. The largest absolute Gasteiger partial charge is 0.435 e. The van der Waals surface area contributed by atoms with E-state index in [0.29, 0.717) is 19.3 Å². The van der Waals surface area contributed by atoms with E-state index in [2.05, 4.69) is 20.5 Å². The van der Waals surface area contributed by atoms with E-state index in [9.17, 15) is 40.4 Å². The number of nitrogens with one attached hydrogen (secondary N) is 1. The number of aromatic nitrogens is 3.